The summed E-state index contributed by atoms with van der Waals surface area (Å²) in [7, 11) is 1.53. The highest BCUT2D eigenvalue weighted by Crippen LogP contribution is 2.24. The molecule has 0 aliphatic rings. The molecule has 0 bridgehead atoms. The molecule has 0 aliphatic carbocycles. The molecule has 0 spiro atoms. The molecule has 0 saturated carbocycles. The zero-order chi connectivity index (χ0) is 15.9. The topological polar surface area (TPSA) is 78.7 Å². The summed E-state index contributed by atoms with van der Waals surface area (Å²) in [5, 5.41) is 11.0. The quantitative estimate of drug-likeness (QED) is 0.340. The number of ketones is 1. The number of benzene rings is 2. The average molecular weight is 301 g/mol. The summed E-state index contributed by atoms with van der Waals surface area (Å²) >= 11 is 0. The van der Waals surface area contributed by atoms with Crippen molar-refractivity contribution in [3.63, 3.8) is 0 Å². The molecule has 2 aromatic carbocycles. The van der Waals surface area contributed by atoms with Gasteiger partial charge >= 0.3 is 0 Å². The van der Waals surface area contributed by atoms with Crippen molar-refractivity contribution in [2.75, 3.05) is 20.3 Å². The lowest BCUT2D eigenvalue weighted by Gasteiger charge is -2.08. The molecule has 2 rings (SSSR count). The molecule has 0 saturated heterocycles. The summed E-state index contributed by atoms with van der Waals surface area (Å²) in [4.78, 5) is 22.9. The molecule has 0 unspecified atom stereocenters. The van der Waals surface area contributed by atoms with E-state index in [4.69, 9.17) is 9.47 Å². The first-order valence-electron chi connectivity index (χ1n) is 6.63. The zero-order valence-corrected chi connectivity index (χ0v) is 12.0. The molecule has 0 heterocycles. The number of nitrogens with zero attached hydrogens (tertiary/aromatic N) is 1. The number of methoxy groups -OCH3 is 1. The van der Waals surface area contributed by atoms with Crippen LogP contribution < -0.4 is 4.74 Å². The van der Waals surface area contributed by atoms with E-state index in [1.807, 2.05) is 0 Å². The maximum Gasteiger partial charge on any atom is 0.273 e. The first-order valence-corrected chi connectivity index (χ1v) is 6.63. The van der Waals surface area contributed by atoms with Crippen LogP contribution in [0.3, 0.4) is 0 Å². The first-order chi connectivity index (χ1) is 10.6. The predicted octanol–water partition coefficient (Wildman–Crippen LogP) is 2.85. The highest BCUT2D eigenvalue weighted by Gasteiger charge is 2.16. The van der Waals surface area contributed by atoms with Crippen molar-refractivity contribution >= 4 is 11.5 Å². The number of hydrogen-bond donors (Lipinski definition) is 0. The van der Waals surface area contributed by atoms with Crippen molar-refractivity contribution in [2.24, 2.45) is 0 Å². The minimum absolute atomic E-state index is 0.186. The average Bonchev–Trinajstić information content (AvgIpc) is 2.55. The van der Waals surface area contributed by atoms with Crippen LogP contribution in [-0.4, -0.2) is 31.0 Å². The second-order valence-corrected chi connectivity index (χ2v) is 4.51. The molecule has 0 aliphatic heterocycles. The van der Waals surface area contributed by atoms with Crippen LogP contribution in [0.2, 0.25) is 0 Å². The summed E-state index contributed by atoms with van der Waals surface area (Å²) < 4.78 is 10.2. The number of ether oxygens (including phenoxy) is 2. The van der Waals surface area contributed by atoms with Crippen LogP contribution >= 0.6 is 0 Å². The fourth-order valence-corrected chi connectivity index (χ4v) is 1.90. The van der Waals surface area contributed by atoms with Gasteiger partial charge in [0.1, 0.15) is 12.4 Å². The molecular formula is C16H15NO5. The second-order valence-electron chi connectivity index (χ2n) is 4.51. The van der Waals surface area contributed by atoms with Crippen molar-refractivity contribution < 1.29 is 19.2 Å². The van der Waals surface area contributed by atoms with Gasteiger partial charge in [0, 0.05) is 24.3 Å². The lowest BCUT2D eigenvalue weighted by molar-refractivity contribution is -0.385. The van der Waals surface area contributed by atoms with Gasteiger partial charge < -0.3 is 9.47 Å². The van der Waals surface area contributed by atoms with E-state index >= 15 is 0 Å². The Balaban J connectivity index is 2.33. The van der Waals surface area contributed by atoms with Crippen LogP contribution in [0, 0.1) is 10.1 Å². The van der Waals surface area contributed by atoms with Gasteiger partial charge in [0.2, 0.25) is 0 Å². The van der Waals surface area contributed by atoms with Gasteiger partial charge in [0.15, 0.2) is 5.78 Å². The molecule has 2 aromatic rings. The third kappa shape index (κ3) is 3.89. The Hall–Kier alpha value is -2.73. The lowest BCUT2D eigenvalue weighted by Crippen LogP contribution is -2.07. The van der Waals surface area contributed by atoms with Crippen LogP contribution in [0.1, 0.15) is 15.9 Å². The molecule has 0 N–H and O–H groups in total. The van der Waals surface area contributed by atoms with Gasteiger partial charge in [-0.05, 0) is 6.07 Å². The van der Waals surface area contributed by atoms with E-state index in [-0.39, 0.29) is 29.4 Å². The number of nitro benzene ring substituents is 1. The SMILES string of the molecule is COCCOc1cc(C(=O)c2ccccc2)cc([N+](=O)[O-])c1. The summed E-state index contributed by atoms with van der Waals surface area (Å²) in [6.07, 6.45) is 0. The van der Waals surface area contributed by atoms with E-state index in [1.165, 1.54) is 25.3 Å². The van der Waals surface area contributed by atoms with Crippen LogP contribution in [0.15, 0.2) is 48.5 Å². The first kappa shape index (κ1) is 15.7. The van der Waals surface area contributed by atoms with Gasteiger partial charge in [-0.25, -0.2) is 0 Å². The monoisotopic (exact) mass is 301 g/mol. The minimum atomic E-state index is -0.551. The van der Waals surface area contributed by atoms with Gasteiger partial charge in [0.25, 0.3) is 5.69 Å². The standard InChI is InChI=1S/C16H15NO5/c1-21-7-8-22-15-10-13(9-14(11-15)17(19)20)16(18)12-5-3-2-4-6-12/h2-6,9-11H,7-8H2,1H3. The molecule has 0 amide bonds. The van der Waals surface area contributed by atoms with E-state index in [2.05, 4.69) is 0 Å². The molecular weight excluding hydrogens is 286 g/mol. The Bertz CT molecular complexity index is 669. The van der Waals surface area contributed by atoms with E-state index in [0.717, 1.165) is 0 Å². The Morgan fingerprint density at radius 3 is 2.45 bits per heavy atom. The number of non-ortho nitro benzene ring substituents is 1. The normalized spacial score (nSPS) is 10.2. The zero-order valence-electron chi connectivity index (χ0n) is 12.0. The van der Waals surface area contributed by atoms with Crippen LogP contribution in [-0.2, 0) is 4.74 Å². The smallest absolute Gasteiger partial charge is 0.273 e. The molecule has 0 radical (unpaired) electrons. The number of nitro groups is 1. The van der Waals surface area contributed by atoms with Gasteiger partial charge in [0.05, 0.1) is 17.6 Å². The van der Waals surface area contributed by atoms with Gasteiger partial charge in [-0.3, -0.25) is 14.9 Å². The van der Waals surface area contributed by atoms with E-state index < -0.39 is 4.92 Å². The summed E-state index contributed by atoms with van der Waals surface area (Å²) in [6.45, 7) is 0.599. The Morgan fingerprint density at radius 1 is 1.09 bits per heavy atom. The van der Waals surface area contributed by atoms with Crippen molar-refractivity contribution in [1.29, 1.82) is 0 Å². The van der Waals surface area contributed by atoms with Crippen LogP contribution in [0.4, 0.5) is 5.69 Å². The number of rotatable bonds is 7. The fraction of sp³-hybridized carbons (Fsp3) is 0.188. The van der Waals surface area contributed by atoms with Gasteiger partial charge in [-0.1, -0.05) is 30.3 Å². The molecule has 6 heteroatoms. The summed E-state index contributed by atoms with van der Waals surface area (Å²) in [5.74, 6) is -0.0218. The highest BCUT2D eigenvalue weighted by atomic mass is 16.6. The molecule has 22 heavy (non-hydrogen) atoms. The summed E-state index contributed by atoms with van der Waals surface area (Å²) in [5.41, 5.74) is 0.493. The Kier molecular flexibility index (Phi) is 5.21. The summed E-state index contributed by atoms with van der Waals surface area (Å²) in [6, 6.07) is 12.6. The van der Waals surface area contributed by atoms with Crippen LogP contribution in [0.25, 0.3) is 0 Å². The third-order valence-corrected chi connectivity index (χ3v) is 2.96. The third-order valence-electron chi connectivity index (χ3n) is 2.96. The molecule has 0 fully saturated rings. The molecule has 0 aromatic heterocycles. The minimum Gasteiger partial charge on any atom is -0.491 e. The molecule has 114 valence electrons. The fourth-order valence-electron chi connectivity index (χ4n) is 1.90. The lowest BCUT2D eigenvalue weighted by atomic mass is 10.0. The predicted molar refractivity (Wildman–Crippen MR) is 80.3 cm³/mol. The second kappa shape index (κ2) is 7.33. The van der Waals surface area contributed by atoms with Gasteiger partial charge in [-0.2, -0.15) is 0 Å². The largest absolute Gasteiger partial charge is 0.491 e. The van der Waals surface area contributed by atoms with Crippen molar-refractivity contribution in [2.45, 2.75) is 0 Å². The molecule has 0 atom stereocenters. The number of carbonyl (C=O) groups excluding carboxylic acids is 1. The number of carbonyl (C=O) groups is 1. The van der Waals surface area contributed by atoms with E-state index in [1.54, 1.807) is 30.3 Å². The van der Waals surface area contributed by atoms with Crippen LogP contribution in [0.5, 0.6) is 5.75 Å². The Morgan fingerprint density at radius 2 is 1.82 bits per heavy atom. The molecule has 6 nitrogen and oxygen atoms in total. The maximum atomic E-state index is 12.4. The van der Waals surface area contributed by atoms with Crippen molar-refractivity contribution in [3.05, 3.63) is 69.8 Å². The van der Waals surface area contributed by atoms with E-state index in [0.29, 0.717) is 12.2 Å². The number of hydrogen-bond acceptors (Lipinski definition) is 5. The Labute approximate surface area is 127 Å². The van der Waals surface area contributed by atoms with E-state index in [9.17, 15) is 14.9 Å². The maximum absolute atomic E-state index is 12.4. The van der Waals surface area contributed by atoms with Gasteiger partial charge in [-0.15, -0.1) is 0 Å². The highest BCUT2D eigenvalue weighted by molar-refractivity contribution is 6.09. The van der Waals surface area contributed by atoms with Crippen molar-refractivity contribution in [3.8, 4) is 5.75 Å². The van der Waals surface area contributed by atoms with Crippen molar-refractivity contribution in [1.82, 2.24) is 0 Å².